The van der Waals surface area contributed by atoms with Crippen LogP contribution in [0.2, 0.25) is 0 Å². The first kappa shape index (κ1) is 14.5. The van der Waals surface area contributed by atoms with Gasteiger partial charge in [0.05, 0.1) is 6.21 Å². The topological polar surface area (TPSA) is 74.7 Å². The van der Waals surface area contributed by atoms with E-state index in [-0.39, 0.29) is 0 Å². The summed E-state index contributed by atoms with van der Waals surface area (Å²) in [6.07, 6.45) is 4.94. The van der Waals surface area contributed by atoms with E-state index in [1.165, 1.54) is 11.3 Å². The Balaban J connectivity index is 1.75. The molecule has 0 spiro atoms. The second-order valence-electron chi connectivity index (χ2n) is 5.35. The molecule has 1 aliphatic rings. The highest BCUT2D eigenvalue weighted by molar-refractivity contribution is 9.10. The summed E-state index contributed by atoms with van der Waals surface area (Å²) in [6.45, 7) is 0. The normalized spacial score (nSPS) is 13.8. The lowest BCUT2D eigenvalue weighted by Gasteiger charge is -2.00. The van der Waals surface area contributed by atoms with E-state index in [4.69, 9.17) is 12.2 Å². The van der Waals surface area contributed by atoms with Crippen molar-refractivity contribution in [2.75, 3.05) is 0 Å². The number of rotatable bonds is 3. The minimum Gasteiger partial charge on any atom is -0.282 e. The van der Waals surface area contributed by atoms with Gasteiger partial charge in [0, 0.05) is 15.7 Å². The molecule has 0 saturated heterocycles. The lowest BCUT2D eigenvalue weighted by Crippen LogP contribution is -1.97. The van der Waals surface area contributed by atoms with Crippen LogP contribution in [0.3, 0.4) is 0 Å². The van der Waals surface area contributed by atoms with Crippen LogP contribution in [0.4, 0.5) is 0 Å². The zero-order valence-corrected chi connectivity index (χ0v) is 14.5. The Bertz CT molecular complexity index is 951. The van der Waals surface area contributed by atoms with Gasteiger partial charge in [0.25, 0.3) is 0 Å². The van der Waals surface area contributed by atoms with E-state index in [0.717, 1.165) is 35.0 Å². The highest BCUT2D eigenvalue weighted by atomic mass is 79.9. The van der Waals surface area contributed by atoms with Gasteiger partial charge in [-0.15, -0.1) is 0 Å². The van der Waals surface area contributed by atoms with Gasteiger partial charge in [-0.2, -0.15) is 20.0 Å². The molecular formula is C15H13BrN6S. The van der Waals surface area contributed by atoms with Gasteiger partial charge in [-0.25, -0.2) is 5.10 Å². The second-order valence-corrected chi connectivity index (χ2v) is 6.65. The van der Waals surface area contributed by atoms with Crippen molar-refractivity contribution in [2.45, 2.75) is 19.3 Å². The van der Waals surface area contributed by atoms with Crippen LogP contribution in [0.15, 0.2) is 33.8 Å². The smallest absolute Gasteiger partial charge is 0.216 e. The molecule has 0 atom stereocenters. The Morgan fingerprint density at radius 2 is 2.17 bits per heavy atom. The van der Waals surface area contributed by atoms with Crippen molar-refractivity contribution in [3.63, 3.8) is 0 Å². The van der Waals surface area contributed by atoms with E-state index in [1.54, 1.807) is 10.9 Å². The van der Waals surface area contributed by atoms with Crippen LogP contribution in [0, 0.1) is 4.77 Å². The fourth-order valence-electron chi connectivity index (χ4n) is 2.77. The molecule has 0 unspecified atom stereocenters. The molecule has 2 aromatic heterocycles. The quantitative estimate of drug-likeness (QED) is 0.532. The van der Waals surface area contributed by atoms with E-state index in [1.807, 2.05) is 24.3 Å². The third-order valence-corrected chi connectivity index (χ3v) is 4.60. The van der Waals surface area contributed by atoms with Crippen molar-refractivity contribution in [2.24, 2.45) is 5.10 Å². The molecular weight excluding hydrogens is 376 g/mol. The third-order valence-electron chi connectivity index (χ3n) is 3.84. The maximum Gasteiger partial charge on any atom is 0.216 e. The van der Waals surface area contributed by atoms with Gasteiger partial charge in [-0.05, 0) is 49.2 Å². The Morgan fingerprint density at radius 1 is 1.26 bits per heavy atom. The molecule has 23 heavy (non-hydrogen) atoms. The van der Waals surface area contributed by atoms with E-state index < -0.39 is 0 Å². The number of halogens is 1. The highest BCUT2D eigenvalue weighted by Gasteiger charge is 2.23. The average molecular weight is 389 g/mol. The molecule has 8 heteroatoms. The number of hydrogen-bond acceptors (Lipinski definition) is 4. The molecule has 116 valence electrons. The summed E-state index contributed by atoms with van der Waals surface area (Å²) in [6, 6.07) is 7.89. The summed E-state index contributed by atoms with van der Waals surface area (Å²) >= 11 is 8.75. The molecule has 0 bridgehead atoms. The molecule has 0 amide bonds. The Labute approximate surface area is 145 Å². The fourth-order valence-corrected chi connectivity index (χ4v) is 3.36. The van der Waals surface area contributed by atoms with Crippen LogP contribution in [0.25, 0.3) is 11.5 Å². The Hall–Kier alpha value is -2.06. The molecule has 0 saturated carbocycles. The van der Waals surface area contributed by atoms with Crippen molar-refractivity contribution in [1.29, 1.82) is 0 Å². The van der Waals surface area contributed by atoms with Gasteiger partial charge in [0.1, 0.15) is 5.69 Å². The number of nitrogens with zero attached hydrogens (tertiary/aromatic N) is 4. The van der Waals surface area contributed by atoms with Crippen LogP contribution >= 0.6 is 28.1 Å². The first-order valence-electron chi connectivity index (χ1n) is 7.26. The third kappa shape index (κ3) is 2.68. The lowest BCUT2D eigenvalue weighted by atomic mass is 10.2. The maximum absolute atomic E-state index is 5.30. The Kier molecular flexibility index (Phi) is 3.70. The van der Waals surface area contributed by atoms with Crippen molar-refractivity contribution in [3.8, 4) is 11.5 Å². The maximum atomic E-state index is 5.30. The summed E-state index contributed by atoms with van der Waals surface area (Å²) < 4.78 is 3.06. The summed E-state index contributed by atoms with van der Waals surface area (Å²) in [5.41, 5.74) is 4.21. The van der Waals surface area contributed by atoms with Gasteiger partial charge in [-0.3, -0.25) is 5.10 Å². The zero-order valence-electron chi connectivity index (χ0n) is 12.1. The van der Waals surface area contributed by atoms with Gasteiger partial charge < -0.3 is 0 Å². The number of fused-ring (bicyclic) bond motifs is 1. The van der Waals surface area contributed by atoms with Crippen molar-refractivity contribution >= 4 is 34.4 Å². The largest absolute Gasteiger partial charge is 0.282 e. The molecule has 0 aliphatic heterocycles. The van der Waals surface area contributed by atoms with Gasteiger partial charge in [0.15, 0.2) is 0 Å². The standard InChI is InChI=1S/C15H13BrN6S/c16-10-4-1-3-9(7-10)8-17-22-14(20-21-15(22)23)13-11-5-2-6-12(11)18-19-13/h1,3-4,7-8H,2,5-6H2,(H,18,19)(H,21,23)/b17-8+. The predicted octanol–water partition coefficient (Wildman–Crippen LogP) is 3.46. The fraction of sp³-hybridized carbons (Fsp3) is 0.200. The van der Waals surface area contributed by atoms with Gasteiger partial charge in [0.2, 0.25) is 10.6 Å². The van der Waals surface area contributed by atoms with E-state index in [0.29, 0.717) is 10.6 Å². The van der Waals surface area contributed by atoms with Gasteiger partial charge >= 0.3 is 0 Å². The monoisotopic (exact) mass is 388 g/mol. The van der Waals surface area contributed by atoms with E-state index in [2.05, 4.69) is 41.4 Å². The number of aromatic nitrogens is 5. The Morgan fingerprint density at radius 3 is 3.04 bits per heavy atom. The summed E-state index contributed by atoms with van der Waals surface area (Å²) in [7, 11) is 0. The summed E-state index contributed by atoms with van der Waals surface area (Å²) in [5.74, 6) is 0.639. The molecule has 2 heterocycles. The number of benzene rings is 1. The molecule has 1 aromatic carbocycles. The van der Waals surface area contributed by atoms with Crippen LogP contribution in [-0.2, 0) is 12.8 Å². The molecule has 0 fully saturated rings. The zero-order chi connectivity index (χ0) is 15.8. The lowest BCUT2D eigenvalue weighted by molar-refractivity contribution is 0.844. The van der Waals surface area contributed by atoms with Crippen LogP contribution in [-0.4, -0.2) is 31.3 Å². The average Bonchev–Trinajstić information content (AvgIpc) is 3.21. The molecule has 1 aliphatic carbocycles. The molecule has 2 N–H and O–H groups in total. The first-order chi connectivity index (χ1) is 11.2. The number of aryl methyl sites for hydroxylation is 1. The van der Waals surface area contributed by atoms with Crippen molar-refractivity contribution in [1.82, 2.24) is 25.1 Å². The number of H-pyrrole nitrogens is 2. The number of aromatic amines is 2. The van der Waals surface area contributed by atoms with E-state index in [9.17, 15) is 0 Å². The van der Waals surface area contributed by atoms with Gasteiger partial charge in [-0.1, -0.05) is 28.1 Å². The van der Waals surface area contributed by atoms with Crippen molar-refractivity contribution in [3.05, 3.63) is 50.3 Å². The molecule has 6 nitrogen and oxygen atoms in total. The van der Waals surface area contributed by atoms with Crippen LogP contribution < -0.4 is 0 Å². The molecule has 0 radical (unpaired) electrons. The summed E-state index contributed by atoms with van der Waals surface area (Å²) in [5, 5.41) is 19.1. The van der Waals surface area contributed by atoms with E-state index >= 15 is 0 Å². The van der Waals surface area contributed by atoms with Crippen molar-refractivity contribution < 1.29 is 0 Å². The minimum atomic E-state index is 0.445. The van der Waals surface area contributed by atoms with Crippen LogP contribution in [0.5, 0.6) is 0 Å². The molecule has 4 rings (SSSR count). The SMILES string of the molecule is S=c1[nH]nc(-c2n[nH]c3c2CCC3)n1/N=C/c1cccc(Br)c1. The first-order valence-corrected chi connectivity index (χ1v) is 8.46. The molecule has 3 aromatic rings. The summed E-state index contributed by atoms with van der Waals surface area (Å²) in [4.78, 5) is 0. The predicted molar refractivity (Wildman–Crippen MR) is 94.2 cm³/mol. The second kappa shape index (κ2) is 5.86. The minimum absolute atomic E-state index is 0.445. The number of nitrogens with one attached hydrogen (secondary N) is 2. The number of hydrogen-bond donors (Lipinski definition) is 2. The van der Waals surface area contributed by atoms with Crippen LogP contribution in [0.1, 0.15) is 23.2 Å². The highest BCUT2D eigenvalue weighted by Crippen LogP contribution is 2.29.